The van der Waals surface area contributed by atoms with Crippen LogP contribution < -0.4 is 0 Å². The van der Waals surface area contributed by atoms with E-state index in [-0.39, 0.29) is 0 Å². The van der Waals surface area contributed by atoms with Gasteiger partial charge in [-0.2, -0.15) is 5.10 Å². The summed E-state index contributed by atoms with van der Waals surface area (Å²) >= 11 is 0. The van der Waals surface area contributed by atoms with Gasteiger partial charge in [-0.15, -0.1) is 0 Å². The molecule has 0 aliphatic heterocycles. The van der Waals surface area contributed by atoms with Crippen LogP contribution in [0.2, 0.25) is 0 Å². The lowest BCUT2D eigenvalue weighted by Crippen LogP contribution is -2.03. The molecule has 3 heteroatoms. The number of fused-ring (bicyclic) bond motifs is 1. The number of hydrogen-bond acceptors (Lipinski definition) is 2. The standard InChI is InChI=1S/C18H19N3/c1-5-21-18(19-4)17(11-20-21)15-7-6-14-9-12(2)8-13(3)16(14)10-15/h5-7,9-11,13H,1,4,8H2,2-3H3. The van der Waals surface area contributed by atoms with Crippen LogP contribution in [0.25, 0.3) is 23.4 Å². The minimum Gasteiger partial charge on any atom is -0.244 e. The number of hydrogen-bond donors (Lipinski definition) is 0. The van der Waals surface area contributed by atoms with Crippen LogP contribution in [0.1, 0.15) is 37.3 Å². The normalized spacial score (nSPS) is 17.0. The van der Waals surface area contributed by atoms with Crippen LogP contribution in [0.15, 0.2) is 41.5 Å². The molecule has 0 N–H and O–H groups in total. The summed E-state index contributed by atoms with van der Waals surface area (Å²) in [6.45, 7) is 11.9. The Morgan fingerprint density at radius 3 is 2.95 bits per heavy atom. The molecule has 106 valence electrons. The summed E-state index contributed by atoms with van der Waals surface area (Å²) in [4.78, 5) is 4.09. The molecule has 0 saturated carbocycles. The Balaban J connectivity index is 2.14. The van der Waals surface area contributed by atoms with E-state index in [9.17, 15) is 0 Å². The Bertz CT molecular complexity index is 750. The van der Waals surface area contributed by atoms with E-state index in [0.29, 0.717) is 5.92 Å². The summed E-state index contributed by atoms with van der Waals surface area (Å²) in [6.07, 6.45) is 6.86. The second kappa shape index (κ2) is 5.17. The van der Waals surface area contributed by atoms with Crippen molar-refractivity contribution in [1.82, 2.24) is 9.78 Å². The highest BCUT2D eigenvalue weighted by atomic mass is 15.3. The van der Waals surface area contributed by atoms with Crippen LogP contribution in [0.5, 0.6) is 0 Å². The molecule has 1 aromatic heterocycles. The highest BCUT2D eigenvalue weighted by Gasteiger charge is 2.18. The molecule has 0 amide bonds. The van der Waals surface area contributed by atoms with E-state index in [1.165, 1.54) is 16.7 Å². The van der Waals surface area contributed by atoms with Crippen molar-refractivity contribution in [3.8, 4) is 11.1 Å². The number of allylic oxidation sites excluding steroid dienone is 1. The Hall–Kier alpha value is -2.42. The first-order valence-electron chi connectivity index (χ1n) is 7.12. The van der Waals surface area contributed by atoms with Gasteiger partial charge in [0.15, 0.2) is 5.82 Å². The van der Waals surface area contributed by atoms with E-state index in [2.05, 4.69) is 61.5 Å². The second-order valence-corrected chi connectivity index (χ2v) is 5.61. The third kappa shape index (κ3) is 2.25. The quantitative estimate of drug-likeness (QED) is 0.734. The van der Waals surface area contributed by atoms with Gasteiger partial charge >= 0.3 is 0 Å². The van der Waals surface area contributed by atoms with Gasteiger partial charge in [-0.3, -0.25) is 0 Å². The van der Waals surface area contributed by atoms with Crippen LogP contribution in [0.4, 0.5) is 5.82 Å². The fraction of sp³-hybridized carbons (Fsp3) is 0.222. The second-order valence-electron chi connectivity index (χ2n) is 5.61. The molecule has 1 atom stereocenters. The largest absolute Gasteiger partial charge is 0.244 e. The topological polar surface area (TPSA) is 30.2 Å². The number of aliphatic imine (C=N–C) groups is 1. The van der Waals surface area contributed by atoms with Crippen LogP contribution in [-0.4, -0.2) is 16.5 Å². The molecule has 2 aromatic rings. The smallest absolute Gasteiger partial charge is 0.162 e. The number of aromatic nitrogens is 2. The number of rotatable bonds is 3. The average Bonchev–Trinajstić information content (AvgIpc) is 2.89. The van der Waals surface area contributed by atoms with Crippen molar-refractivity contribution in [2.24, 2.45) is 4.99 Å². The molecule has 1 unspecified atom stereocenters. The molecular formula is C18H19N3. The van der Waals surface area contributed by atoms with E-state index in [1.54, 1.807) is 10.9 Å². The lowest BCUT2D eigenvalue weighted by molar-refractivity contribution is 0.742. The van der Waals surface area contributed by atoms with Gasteiger partial charge in [0.1, 0.15) is 0 Å². The third-order valence-corrected chi connectivity index (χ3v) is 4.05. The van der Waals surface area contributed by atoms with Crippen molar-refractivity contribution in [1.29, 1.82) is 0 Å². The van der Waals surface area contributed by atoms with Crippen LogP contribution >= 0.6 is 0 Å². The maximum atomic E-state index is 4.28. The Morgan fingerprint density at radius 2 is 2.24 bits per heavy atom. The van der Waals surface area contributed by atoms with Gasteiger partial charge in [-0.1, -0.05) is 43.4 Å². The zero-order valence-corrected chi connectivity index (χ0v) is 12.5. The van der Waals surface area contributed by atoms with E-state index in [0.717, 1.165) is 23.4 Å². The zero-order chi connectivity index (χ0) is 15.0. The van der Waals surface area contributed by atoms with Gasteiger partial charge in [0.25, 0.3) is 0 Å². The minimum absolute atomic E-state index is 0.541. The van der Waals surface area contributed by atoms with Crippen LogP contribution in [0.3, 0.4) is 0 Å². The minimum atomic E-state index is 0.541. The molecule has 1 aliphatic rings. The Kier molecular flexibility index (Phi) is 3.34. The number of nitrogens with zero attached hydrogens (tertiary/aromatic N) is 3. The maximum absolute atomic E-state index is 4.28. The Labute approximate surface area is 125 Å². The van der Waals surface area contributed by atoms with Crippen molar-refractivity contribution in [2.45, 2.75) is 26.2 Å². The van der Waals surface area contributed by atoms with Gasteiger partial charge in [0, 0.05) is 11.8 Å². The molecule has 0 spiro atoms. The maximum Gasteiger partial charge on any atom is 0.162 e. The molecule has 1 heterocycles. The predicted molar refractivity (Wildman–Crippen MR) is 89.9 cm³/mol. The summed E-state index contributed by atoms with van der Waals surface area (Å²) < 4.78 is 1.65. The lowest BCUT2D eigenvalue weighted by Gasteiger charge is -2.21. The molecule has 0 bridgehead atoms. The molecule has 21 heavy (non-hydrogen) atoms. The molecule has 0 fully saturated rings. The van der Waals surface area contributed by atoms with Crippen molar-refractivity contribution >= 4 is 24.8 Å². The van der Waals surface area contributed by atoms with Crippen molar-refractivity contribution in [2.75, 3.05) is 0 Å². The predicted octanol–water partition coefficient (Wildman–Crippen LogP) is 4.89. The first-order valence-corrected chi connectivity index (χ1v) is 7.12. The summed E-state index contributed by atoms with van der Waals surface area (Å²) in [5, 5.41) is 4.28. The summed E-state index contributed by atoms with van der Waals surface area (Å²) in [5.41, 5.74) is 6.27. The highest BCUT2D eigenvalue weighted by Crippen LogP contribution is 2.37. The summed E-state index contributed by atoms with van der Waals surface area (Å²) in [5.74, 6) is 1.28. The first-order chi connectivity index (χ1) is 10.1. The van der Waals surface area contributed by atoms with Crippen molar-refractivity contribution in [3.63, 3.8) is 0 Å². The fourth-order valence-corrected chi connectivity index (χ4v) is 3.07. The van der Waals surface area contributed by atoms with E-state index >= 15 is 0 Å². The van der Waals surface area contributed by atoms with E-state index in [1.807, 2.05) is 6.20 Å². The van der Waals surface area contributed by atoms with E-state index < -0.39 is 0 Å². The average molecular weight is 277 g/mol. The van der Waals surface area contributed by atoms with Crippen molar-refractivity contribution in [3.05, 3.63) is 47.7 Å². The highest BCUT2D eigenvalue weighted by molar-refractivity contribution is 5.77. The molecule has 0 radical (unpaired) electrons. The van der Waals surface area contributed by atoms with Crippen LogP contribution in [0, 0.1) is 0 Å². The molecule has 3 rings (SSSR count). The third-order valence-electron chi connectivity index (χ3n) is 4.05. The van der Waals surface area contributed by atoms with E-state index in [4.69, 9.17) is 0 Å². The van der Waals surface area contributed by atoms with Crippen LogP contribution in [-0.2, 0) is 0 Å². The zero-order valence-electron chi connectivity index (χ0n) is 12.5. The first kappa shape index (κ1) is 13.6. The van der Waals surface area contributed by atoms with Gasteiger partial charge in [-0.05, 0) is 42.7 Å². The van der Waals surface area contributed by atoms with Gasteiger partial charge in [0.05, 0.1) is 6.20 Å². The summed E-state index contributed by atoms with van der Waals surface area (Å²) in [6, 6.07) is 6.56. The van der Waals surface area contributed by atoms with Gasteiger partial charge in [0.2, 0.25) is 0 Å². The monoisotopic (exact) mass is 277 g/mol. The molecule has 3 nitrogen and oxygen atoms in total. The SMILES string of the molecule is C=Cn1ncc(-c2ccc3c(c2)C(C)CC(C)=C3)c1N=C. The summed E-state index contributed by atoms with van der Waals surface area (Å²) in [7, 11) is 0. The molecule has 0 saturated heterocycles. The number of benzene rings is 1. The lowest BCUT2D eigenvalue weighted by atomic mass is 9.83. The Morgan fingerprint density at radius 1 is 1.43 bits per heavy atom. The van der Waals surface area contributed by atoms with Gasteiger partial charge < -0.3 is 0 Å². The van der Waals surface area contributed by atoms with Crippen molar-refractivity contribution < 1.29 is 0 Å². The fourth-order valence-electron chi connectivity index (χ4n) is 3.07. The molecule has 1 aliphatic carbocycles. The molecular weight excluding hydrogens is 258 g/mol. The molecule has 1 aromatic carbocycles. The van der Waals surface area contributed by atoms with Gasteiger partial charge in [-0.25, -0.2) is 9.67 Å².